The molecule has 3 aromatic rings. The van der Waals surface area contributed by atoms with Crippen molar-refractivity contribution in [2.24, 2.45) is 0 Å². The monoisotopic (exact) mass is 508 g/mol. The van der Waals surface area contributed by atoms with Crippen LogP contribution in [0.3, 0.4) is 0 Å². The molecular formula is C27H28N2O8. The number of aromatic amines is 1. The second-order valence-corrected chi connectivity index (χ2v) is 8.33. The number of hydrogen-bond acceptors (Lipinski definition) is 8. The lowest BCUT2D eigenvalue weighted by Crippen LogP contribution is -2.29. The van der Waals surface area contributed by atoms with Crippen molar-refractivity contribution in [3.63, 3.8) is 0 Å². The van der Waals surface area contributed by atoms with Crippen LogP contribution in [-0.2, 0) is 16.0 Å². The number of carbonyl (C=O) groups is 2. The molecule has 0 radical (unpaired) electrons. The zero-order chi connectivity index (χ0) is 26.4. The van der Waals surface area contributed by atoms with Crippen LogP contribution in [-0.4, -0.2) is 49.0 Å². The minimum Gasteiger partial charge on any atom is -0.506 e. The summed E-state index contributed by atoms with van der Waals surface area (Å²) in [5.41, 5.74) is 0.622. The maximum absolute atomic E-state index is 13.0. The summed E-state index contributed by atoms with van der Waals surface area (Å²) in [6, 6.07) is 12.5. The number of amides is 1. The van der Waals surface area contributed by atoms with E-state index in [0.29, 0.717) is 30.0 Å². The molecule has 1 aliphatic heterocycles. The molecule has 0 bridgehead atoms. The molecule has 0 saturated carbocycles. The molecule has 0 fully saturated rings. The SMILES string of the molecule is CCOC(=O)c1c[nH]c(=O)c([C@@H](CC(=O)NCCc2ccc(OC)cc2)c2ccc3c(c2)OCO3)c1O. The number of pyridine rings is 1. The number of fused-ring (bicyclic) bond motifs is 1. The van der Waals surface area contributed by atoms with Crippen LogP contribution in [0.4, 0.5) is 0 Å². The predicted octanol–water partition coefficient (Wildman–Crippen LogP) is 2.88. The van der Waals surface area contributed by atoms with Crippen LogP contribution in [0, 0.1) is 0 Å². The second-order valence-electron chi connectivity index (χ2n) is 8.33. The summed E-state index contributed by atoms with van der Waals surface area (Å²) in [6.07, 6.45) is 1.53. The standard InChI is InChI=1S/C27H28N2O8/c1-3-35-27(33)20-14-29-26(32)24(25(20)31)19(17-6-9-21-22(12-17)37-15-36-21)13-23(30)28-11-10-16-4-7-18(34-2)8-5-16/h4-9,12,14,19H,3,10-11,13,15H2,1-2H3,(H,28,30)(H2,29,31,32)/t19-/m0/s1. The number of ether oxygens (including phenoxy) is 4. The van der Waals surface area contributed by atoms with Gasteiger partial charge in [-0.3, -0.25) is 9.59 Å². The molecule has 37 heavy (non-hydrogen) atoms. The van der Waals surface area contributed by atoms with Gasteiger partial charge in [-0.25, -0.2) is 4.79 Å². The third kappa shape index (κ3) is 5.85. The van der Waals surface area contributed by atoms with E-state index in [2.05, 4.69) is 10.3 Å². The number of H-pyrrole nitrogens is 1. The van der Waals surface area contributed by atoms with Gasteiger partial charge in [0.1, 0.15) is 17.1 Å². The molecule has 4 rings (SSSR count). The van der Waals surface area contributed by atoms with Gasteiger partial charge in [0.05, 0.1) is 19.3 Å². The van der Waals surface area contributed by atoms with E-state index in [1.807, 2.05) is 24.3 Å². The lowest BCUT2D eigenvalue weighted by atomic mass is 9.87. The molecule has 194 valence electrons. The fourth-order valence-electron chi connectivity index (χ4n) is 4.14. The summed E-state index contributed by atoms with van der Waals surface area (Å²) < 4.78 is 21.0. The van der Waals surface area contributed by atoms with Crippen LogP contribution in [0.15, 0.2) is 53.5 Å². The average molecular weight is 509 g/mol. The van der Waals surface area contributed by atoms with Crippen molar-refractivity contribution in [3.05, 3.63) is 81.3 Å². The Hall–Kier alpha value is -4.47. The summed E-state index contributed by atoms with van der Waals surface area (Å²) >= 11 is 0. The fraction of sp³-hybridized carbons (Fsp3) is 0.296. The number of rotatable bonds is 10. The molecule has 2 heterocycles. The number of nitrogens with one attached hydrogen (secondary N) is 2. The minimum absolute atomic E-state index is 0.0550. The predicted molar refractivity (Wildman–Crippen MR) is 133 cm³/mol. The van der Waals surface area contributed by atoms with E-state index in [-0.39, 0.29) is 36.9 Å². The first kappa shape index (κ1) is 25.6. The Bertz CT molecular complexity index is 1330. The van der Waals surface area contributed by atoms with Crippen LogP contribution in [0.25, 0.3) is 0 Å². The van der Waals surface area contributed by atoms with Crippen molar-refractivity contribution in [1.29, 1.82) is 0 Å². The van der Waals surface area contributed by atoms with Gasteiger partial charge < -0.3 is 34.4 Å². The molecule has 10 heteroatoms. The van der Waals surface area contributed by atoms with Crippen molar-refractivity contribution in [2.45, 2.75) is 25.7 Å². The van der Waals surface area contributed by atoms with Crippen LogP contribution >= 0.6 is 0 Å². The number of benzene rings is 2. The van der Waals surface area contributed by atoms with Gasteiger partial charge in [-0.15, -0.1) is 0 Å². The van der Waals surface area contributed by atoms with Gasteiger partial charge in [-0.1, -0.05) is 18.2 Å². The highest BCUT2D eigenvalue weighted by Crippen LogP contribution is 2.39. The summed E-state index contributed by atoms with van der Waals surface area (Å²) in [5.74, 6) is -0.800. The van der Waals surface area contributed by atoms with Gasteiger partial charge in [0.15, 0.2) is 11.5 Å². The van der Waals surface area contributed by atoms with Gasteiger partial charge >= 0.3 is 5.97 Å². The van der Waals surface area contributed by atoms with E-state index in [9.17, 15) is 19.5 Å². The number of carbonyl (C=O) groups excluding carboxylic acids is 2. The van der Waals surface area contributed by atoms with Gasteiger partial charge in [-0.05, 0) is 48.7 Å². The van der Waals surface area contributed by atoms with Crippen molar-refractivity contribution in [2.75, 3.05) is 27.1 Å². The number of aromatic hydroxyl groups is 1. The van der Waals surface area contributed by atoms with E-state index in [0.717, 1.165) is 17.5 Å². The van der Waals surface area contributed by atoms with Crippen molar-refractivity contribution in [1.82, 2.24) is 10.3 Å². The average Bonchev–Trinajstić information content (AvgIpc) is 3.36. The van der Waals surface area contributed by atoms with Gasteiger partial charge in [0, 0.05) is 25.1 Å². The second kappa shape index (κ2) is 11.5. The molecule has 0 spiro atoms. The lowest BCUT2D eigenvalue weighted by molar-refractivity contribution is -0.121. The van der Waals surface area contributed by atoms with Crippen LogP contribution in [0.5, 0.6) is 23.0 Å². The van der Waals surface area contributed by atoms with Crippen LogP contribution < -0.4 is 25.1 Å². The highest BCUT2D eigenvalue weighted by Gasteiger charge is 2.29. The van der Waals surface area contributed by atoms with Crippen LogP contribution in [0.1, 0.15) is 46.3 Å². The first-order valence-electron chi connectivity index (χ1n) is 11.8. The maximum Gasteiger partial charge on any atom is 0.343 e. The summed E-state index contributed by atoms with van der Waals surface area (Å²) in [7, 11) is 1.59. The molecule has 0 saturated heterocycles. The quantitative estimate of drug-likeness (QED) is 0.356. The zero-order valence-corrected chi connectivity index (χ0v) is 20.5. The first-order valence-corrected chi connectivity index (χ1v) is 11.8. The first-order chi connectivity index (χ1) is 17.9. The van der Waals surface area contributed by atoms with E-state index < -0.39 is 23.2 Å². The largest absolute Gasteiger partial charge is 0.506 e. The summed E-state index contributed by atoms with van der Waals surface area (Å²) in [5, 5.41) is 13.8. The molecule has 10 nitrogen and oxygen atoms in total. The molecule has 3 N–H and O–H groups in total. The topological polar surface area (TPSA) is 136 Å². The Morgan fingerprint density at radius 2 is 1.89 bits per heavy atom. The Balaban J connectivity index is 1.59. The number of methoxy groups -OCH3 is 1. The Kier molecular flexibility index (Phi) is 7.97. The fourth-order valence-corrected chi connectivity index (χ4v) is 4.14. The van der Waals surface area contributed by atoms with Crippen molar-refractivity contribution in [3.8, 4) is 23.0 Å². The van der Waals surface area contributed by atoms with Crippen molar-refractivity contribution < 1.29 is 33.6 Å². The van der Waals surface area contributed by atoms with E-state index in [4.69, 9.17) is 18.9 Å². The van der Waals surface area contributed by atoms with Gasteiger partial charge in [0.2, 0.25) is 12.7 Å². The third-order valence-electron chi connectivity index (χ3n) is 6.03. The van der Waals surface area contributed by atoms with E-state index in [1.54, 1.807) is 32.2 Å². The van der Waals surface area contributed by atoms with E-state index >= 15 is 0 Å². The number of esters is 1. The van der Waals surface area contributed by atoms with Gasteiger partial charge in [-0.2, -0.15) is 0 Å². The molecule has 1 amide bonds. The Morgan fingerprint density at radius 1 is 1.14 bits per heavy atom. The zero-order valence-electron chi connectivity index (χ0n) is 20.5. The lowest BCUT2D eigenvalue weighted by Gasteiger charge is -2.19. The van der Waals surface area contributed by atoms with Crippen molar-refractivity contribution >= 4 is 11.9 Å². The number of hydrogen-bond donors (Lipinski definition) is 3. The molecular weight excluding hydrogens is 480 g/mol. The molecule has 1 aliphatic rings. The minimum atomic E-state index is -0.881. The van der Waals surface area contributed by atoms with Crippen LogP contribution in [0.2, 0.25) is 0 Å². The summed E-state index contributed by atoms with van der Waals surface area (Å²) in [6.45, 7) is 2.14. The smallest absolute Gasteiger partial charge is 0.343 e. The van der Waals surface area contributed by atoms with Gasteiger partial charge in [0.25, 0.3) is 5.56 Å². The molecule has 1 atom stereocenters. The molecule has 0 unspecified atom stereocenters. The van der Waals surface area contributed by atoms with E-state index in [1.165, 1.54) is 0 Å². The normalized spacial score (nSPS) is 12.6. The highest BCUT2D eigenvalue weighted by atomic mass is 16.7. The maximum atomic E-state index is 13.0. The Labute approximate surface area is 213 Å². The third-order valence-corrected chi connectivity index (χ3v) is 6.03. The number of aromatic nitrogens is 1. The molecule has 1 aromatic heterocycles. The summed E-state index contributed by atoms with van der Waals surface area (Å²) in [4.78, 5) is 40.7. The molecule has 2 aromatic carbocycles. The highest BCUT2D eigenvalue weighted by molar-refractivity contribution is 5.92. The Morgan fingerprint density at radius 3 is 2.62 bits per heavy atom. The molecule has 0 aliphatic carbocycles.